The zero-order valence-corrected chi connectivity index (χ0v) is 22.1. The van der Waals surface area contributed by atoms with Crippen LogP contribution in [0.5, 0.6) is 0 Å². The molecule has 0 aliphatic heterocycles. The molecule has 0 heterocycles. The summed E-state index contributed by atoms with van der Waals surface area (Å²) in [6, 6.07) is 0. The van der Waals surface area contributed by atoms with Crippen LogP contribution in [-0.4, -0.2) is 48.3 Å². The molecule has 4 rings (SSSR count). The molecule has 9 heteroatoms. The minimum atomic E-state index is -4.09. The number of nitrogens with one attached hydrogen (secondary N) is 1. The van der Waals surface area contributed by atoms with Crippen LogP contribution >= 0.6 is 0 Å². The summed E-state index contributed by atoms with van der Waals surface area (Å²) in [6.07, 6.45) is 5.54. The van der Waals surface area contributed by atoms with Gasteiger partial charge in [0.25, 0.3) is 10.1 Å². The molecule has 9 unspecified atom stereocenters. The number of fused-ring (bicyclic) bond motifs is 5. The summed E-state index contributed by atoms with van der Waals surface area (Å²) in [6.45, 7) is 6.66. The molecule has 0 spiro atoms. The Morgan fingerprint density at radius 3 is 2.46 bits per heavy atom. The number of carbonyl (C=O) groups is 1. The molecule has 1 amide bonds. The van der Waals surface area contributed by atoms with Gasteiger partial charge in [0.2, 0.25) is 11.8 Å². The van der Waals surface area contributed by atoms with Crippen LogP contribution in [-0.2, 0) is 14.9 Å². The highest BCUT2D eigenvalue weighted by atomic mass is 32.2. The Balaban J connectivity index is 1.40. The molecule has 0 aromatic rings. The van der Waals surface area contributed by atoms with Crippen molar-refractivity contribution in [2.24, 2.45) is 46.3 Å². The third kappa shape index (κ3) is 5.28. The fourth-order valence-electron chi connectivity index (χ4n) is 9.09. The summed E-state index contributed by atoms with van der Waals surface area (Å²) in [5.74, 6) is -1.81. The largest absolute Gasteiger partial charge is 0.393 e. The van der Waals surface area contributed by atoms with Crippen molar-refractivity contribution in [1.82, 2.24) is 5.32 Å². The Hall–Kier alpha value is -0.800. The van der Waals surface area contributed by atoms with Crippen LogP contribution in [0.1, 0.15) is 85.0 Å². The molecule has 0 bridgehead atoms. The number of aliphatic hydroxyl groups is 1. The second kappa shape index (κ2) is 9.50. The van der Waals surface area contributed by atoms with Crippen LogP contribution < -0.4 is 5.32 Å². The normalized spacial score (nSPS) is 43.5. The van der Waals surface area contributed by atoms with Gasteiger partial charge in [-0.25, -0.2) is 8.78 Å². The Bertz CT molecular complexity index is 913. The van der Waals surface area contributed by atoms with Gasteiger partial charge >= 0.3 is 0 Å². The molecule has 0 saturated heterocycles. The second-order valence-corrected chi connectivity index (χ2v) is 14.3. The fourth-order valence-corrected chi connectivity index (χ4v) is 9.45. The molecule has 0 radical (unpaired) electrons. The molecule has 4 saturated carbocycles. The molecule has 9 atom stereocenters. The van der Waals surface area contributed by atoms with Crippen LogP contribution in [0.25, 0.3) is 0 Å². The maximum Gasteiger partial charge on any atom is 0.266 e. The van der Waals surface area contributed by atoms with Gasteiger partial charge < -0.3 is 10.4 Å². The van der Waals surface area contributed by atoms with Crippen molar-refractivity contribution in [3.63, 3.8) is 0 Å². The lowest BCUT2D eigenvalue weighted by atomic mass is 9.43. The predicted octanol–water partition coefficient (Wildman–Crippen LogP) is 4.67. The van der Waals surface area contributed by atoms with Gasteiger partial charge in [0.05, 0.1) is 11.9 Å². The number of hydrogen-bond acceptors (Lipinski definition) is 4. The maximum absolute atomic E-state index is 14.2. The second-order valence-electron chi connectivity index (χ2n) is 12.7. The number of amides is 1. The number of rotatable bonds is 7. The Morgan fingerprint density at radius 2 is 1.77 bits per heavy atom. The highest BCUT2D eigenvalue weighted by Gasteiger charge is 2.64. The number of aliphatic hydroxyl groups excluding tert-OH is 1. The number of hydrogen-bond donors (Lipinski definition) is 3. The average molecular weight is 520 g/mol. The zero-order valence-electron chi connectivity index (χ0n) is 21.3. The number of halogens is 2. The van der Waals surface area contributed by atoms with Crippen molar-refractivity contribution in [2.75, 3.05) is 12.3 Å². The van der Waals surface area contributed by atoms with Crippen LogP contribution in [0.2, 0.25) is 0 Å². The summed E-state index contributed by atoms with van der Waals surface area (Å²) in [7, 11) is -4.09. The van der Waals surface area contributed by atoms with Gasteiger partial charge in [0.1, 0.15) is 0 Å². The minimum absolute atomic E-state index is 0.0345. The predicted molar refractivity (Wildman–Crippen MR) is 129 cm³/mol. The molecule has 4 fully saturated rings. The Morgan fingerprint density at radius 1 is 1.09 bits per heavy atom. The molecule has 4 aliphatic carbocycles. The molecule has 6 nitrogen and oxygen atoms in total. The third-order valence-corrected chi connectivity index (χ3v) is 11.6. The molecule has 35 heavy (non-hydrogen) atoms. The van der Waals surface area contributed by atoms with E-state index in [0.29, 0.717) is 49.4 Å². The van der Waals surface area contributed by atoms with E-state index in [9.17, 15) is 27.1 Å². The molecular formula is C26H43F2NO5S. The standard InChI is InChI=1S/C26H43F2NO5S/c1-16(4-7-22(31)29-12-13-35(32,33)34)18-5-6-19-23-20(8-9-25(18,19)3)24(2)10-11-26(27,28)15-17(24)14-21(23)30/h16-21,23,30H,4-15H2,1-3H3,(H,29,31)(H,32,33,34). The summed E-state index contributed by atoms with van der Waals surface area (Å²) in [4.78, 5) is 12.2. The van der Waals surface area contributed by atoms with E-state index in [1.165, 1.54) is 0 Å². The van der Waals surface area contributed by atoms with Crippen LogP contribution in [0.3, 0.4) is 0 Å². The number of carbonyl (C=O) groups excluding carboxylic acids is 1. The van der Waals surface area contributed by atoms with E-state index >= 15 is 0 Å². The van der Waals surface area contributed by atoms with E-state index in [0.717, 1.165) is 25.7 Å². The first kappa shape index (κ1) is 27.2. The van der Waals surface area contributed by atoms with Crippen molar-refractivity contribution in [2.45, 2.75) is 97.0 Å². The Labute approximate surface area is 208 Å². The van der Waals surface area contributed by atoms with Crippen molar-refractivity contribution in [3.05, 3.63) is 0 Å². The van der Waals surface area contributed by atoms with Crippen molar-refractivity contribution in [3.8, 4) is 0 Å². The highest BCUT2D eigenvalue weighted by molar-refractivity contribution is 7.85. The van der Waals surface area contributed by atoms with E-state index in [1.54, 1.807) is 0 Å². The van der Waals surface area contributed by atoms with Gasteiger partial charge in [-0.05, 0) is 91.3 Å². The van der Waals surface area contributed by atoms with E-state index in [4.69, 9.17) is 4.55 Å². The molecule has 202 valence electrons. The lowest BCUT2D eigenvalue weighted by molar-refractivity contribution is -0.196. The van der Waals surface area contributed by atoms with E-state index in [1.807, 2.05) is 0 Å². The quantitative estimate of drug-likeness (QED) is 0.424. The van der Waals surface area contributed by atoms with Crippen molar-refractivity contribution < 1.29 is 31.7 Å². The number of alkyl halides is 2. The molecular weight excluding hydrogens is 476 g/mol. The van der Waals surface area contributed by atoms with E-state index < -0.39 is 27.9 Å². The first-order valence-corrected chi connectivity index (χ1v) is 15.0. The fraction of sp³-hybridized carbons (Fsp3) is 0.962. The van der Waals surface area contributed by atoms with E-state index in [2.05, 4.69) is 26.1 Å². The first-order chi connectivity index (χ1) is 16.2. The SMILES string of the molecule is CC(CCC(=O)NCCS(=O)(=O)O)C1CCC2C3C(O)CC4CC(F)(F)CCC4(C)C3CCC12C. The zero-order chi connectivity index (χ0) is 25.8. The van der Waals surface area contributed by atoms with Gasteiger partial charge in [0, 0.05) is 25.8 Å². The molecule has 4 aliphatic rings. The monoisotopic (exact) mass is 519 g/mol. The van der Waals surface area contributed by atoms with Gasteiger partial charge in [-0.3, -0.25) is 9.35 Å². The van der Waals surface area contributed by atoms with Gasteiger partial charge in [-0.1, -0.05) is 20.8 Å². The first-order valence-electron chi connectivity index (χ1n) is 13.4. The summed E-state index contributed by atoms with van der Waals surface area (Å²) in [5, 5.41) is 13.8. The smallest absolute Gasteiger partial charge is 0.266 e. The highest BCUT2D eigenvalue weighted by Crippen LogP contribution is 2.69. The van der Waals surface area contributed by atoms with Gasteiger partial charge in [-0.2, -0.15) is 8.42 Å². The Kier molecular flexibility index (Phi) is 7.39. The van der Waals surface area contributed by atoms with Crippen LogP contribution in [0, 0.1) is 46.3 Å². The molecule has 0 aromatic carbocycles. The van der Waals surface area contributed by atoms with E-state index in [-0.39, 0.29) is 48.0 Å². The summed E-state index contributed by atoms with van der Waals surface area (Å²) < 4.78 is 58.9. The summed E-state index contributed by atoms with van der Waals surface area (Å²) in [5.41, 5.74) is -0.0401. The summed E-state index contributed by atoms with van der Waals surface area (Å²) >= 11 is 0. The lowest BCUT2D eigenvalue weighted by Crippen LogP contribution is -2.59. The minimum Gasteiger partial charge on any atom is -0.393 e. The maximum atomic E-state index is 14.2. The average Bonchev–Trinajstić information content (AvgIpc) is 3.09. The lowest BCUT2D eigenvalue weighted by Gasteiger charge is -2.62. The van der Waals surface area contributed by atoms with Gasteiger partial charge in [0.15, 0.2) is 0 Å². The van der Waals surface area contributed by atoms with Gasteiger partial charge in [-0.15, -0.1) is 0 Å². The van der Waals surface area contributed by atoms with Crippen molar-refractivity contribution >= 4 is 16.0 Å². The molecule has 0 aromatic heterocycles. The van der Waals surface area contributed by atoms with Crippen LogP contribution in [0.4, 0.5) is 8.78 Å². The van der Waals surface area contributed by atoms with Crippen molar-refractivity contribution in [1.29, 1.82) is 0 Å². The molecule has 3 N–H and O–H groups in total. The topological polar surface area (TPSA) is 104 Å². The van der Waals surface area contributed by atoms with Crippen LogP contribution in [0.15, 0.2) is 0 Å². The third-order valence-electron chi connectivity index (χ3n) is 10.9.